The average Bonchev–Trinajstić information content (AvgIpc) is 3.49. The Morgan fingerprint density at radius 1 is 1.21 bits per heavy atom. The molecule has 3 aromatic rings. The van der Waals surface area contributed by atoms with Gasteiger partial charge in [-0.05, 0) is 25.8 Å². The molecular weight excluding hydrogens is 541 g/mol. The highest BCUT2D eigenvalue weighted by Crippen LogP contribution is 2.47. The molecule has 0 radical (unpaired) electrons. The first-order valence-electron chi connectivity index (χ1n) is 12.7. The number of ether oxygens (including phenoxy) is 3. The van der Waals surface area contributed by atoms with E-state index >= 15 is 0 Å². The van der Waals surface area contributed by atoms with Crippen molar-refractivity contribution in [3.63, 3.8) is 0 Å². The van der Waals surface area contributed by atoms with Crippen LogP contribution in [0.15, 0.2) is 28.9 Å². The standard InChI is InChI=1S/C26H30ClF3N4O5/c1-25(35)12-16(13-25)34-24(26(28,29)30)18(14-31-34)23-19(15-36-2)22(32-39-23)17-4-3-5-20(21(17)27)38-11-8-33-6-9-37-10-7-33/h3-5,14,16,35H,6-13,15H2,1-2H3/t16-,25-. The van der Waals surface area contributed by atoms with Gasteiger partial charge in [-0.2, -0.15) is 18.3 Å². The molecule has 0 spiro atoms. The Morgan fingerprint density at radius 3 is 2.62 bits per heavy atom. The topological polar surface area (TPSA) is 95.0 Å². The minimum Gasteiger partial charge on any atom is -0.491 e. The van der Waals surface area contributed by atoms with E-state index in [1.807, 2.05) is 0 Å². The highest BCUT2D eigenvalue weighted by molar-refractivity contribution is 6.34. The number of benzene rings is 1. The molecule has 1 saturated carbocycles. The second-order valence-electron chi connectivity index (χ2n) is 10.1. The van der Waals surface area contributed by atoms with E-state index in [0.29, 0.717) is 43.2 Å². The van der Waals surface area contributed by atoms with Crippen LogP contribution in [0.4, 0.5) is 13.2 Å². The predicted octanol–water partition coefficient (Wildman–Crippen LogP) is 4.82. The summed E-state index contributed by atoms with van der Waals surface area (Å²) in [5.74, 6) is 0.322. The number of rotatable bonds is 9. The van der Waals surface area contributed by atoms with Crippen molar-refractivity contribution in [2.75, 3.05) is 46.6 Å². The summed E-state index contributed by atoms with van der Waals surface area (Å²) in [6.07, 6.45) is -3.28. The molecule has 1 aliphatic carbocycles. The van der Waals surface area contributed by atoms with Crippen LogP contribution in [-0.2, 0) is 22.3 Å². The van der Waals surface area contributed by atoms with E-state index in [1.54, 1.807) is 25.1 Å². The minimum absolute atomic E-state index is 0.0762. The van der Waals surface area contributed by atoms with Crippen LogP contribution in [0, 0.1) is 0 Å². The van der Waals surface area contributed by atoms with Gasteiger partial charge in [-0.25, -0.2) is 0 Å². The predicted molar refractivity (Wildman–Crippen MR) is 136 cm³/mol. The Labute approximate surface area is 228 Å². The van der Waals surface area contributed by atoms with Crippen LogP contribution in [0.25, 0.3) is 22.6 Å². The van der Waals surface area contributed by atoms with E-state index < -0.39 is 23.5 Å². The van der Waals surface area contributed by atoms with Gasteiger partial charge in [0.15, 0.2) is 11.5 Å². The molecule has 13 heteroatoms. The smallest absolute Gasteiger partial charge is 0.433 e. The van der Waals surface area contributed by atoms with E-state index in [4.69, 9.17) is 30.3 Å². The molecule has 0 atom stereocenters. The lowest BCUT2D eigenvalue weighted by Crippen LogP contribution is -2.43. The Morgan fingerprint density at radius 2 is 1.95 bits per heavy atom. The van der Waals surface area contributed by atoms with Crippen molar-refractivity contribution in [3.8, 4) is 28.3 Å². The van der Waals surface area contributed by atoms with Crippen molar-refractivity contribution in [2.24, 2.45) is 0 Å². The van der Waals surface area contributed by atoms with Crippen LogP contribution in [0.2, 0.25) is 5.02 Å². The summed E-state index contributed by atoms with van der Waals surface area (Å²) >= 11 is 6.69. The van der Waals surface area contributed by atoms with Crippen molar-refractivity contribution in [3.05, 3.63) is 40.7 Å². The van der Waals surface area contributed by atoms with Crippen LogP contribution in [0.1, 0.15) is 37.1 Å². The van der Waals surface area contributed by atoms with Crippen LogP contribution in [0.5, 0.6) is 5.75 Å². The van der Waals surface area contributed by atoms with Gasteiger partial charge in [-0.1, -0.05) is 28.9 Å². The van der Waals surface area contributed by atoms with Crippen molar-refractivity contribution in [1.82, 2.24) is 19.8 Å². The molecule has 3 heterocycles. The molecule has 0 unspecified atom stereocenters. The molecule has 2 aliphatic rings. The Kier molecular flexibility index (Phi) is 7.93. The molecule has 5 rings (SSSR count). The number of halogens is 4. The minimum atomic E-state index is -4.73. The lowest BCUT2D eigenvalue weighted by molar-refractivity contribution is -0.148. The van der Waals surface area contributed by atoms with Gasteiger partial charge >= 0.3 is 6.18 Å². The molecule has 0 amide bonds. The van der Waals surface area contributed by atoms with Crippen LogP contribution in [0.3, 0.4) is 0 Å². The van der Waals surface area contributed by atoms with Gasteiger partial charge in [0.2, 0.25) is 0 Å². The summed E-state index contributed by atoms with van der Waals surface area (Å²) in [5, 5.41) is 18.5. The number of nitrogens with zero attached hydrogens (tertiary/aromatic N) is 4. The highest BCUT2D eigenvalue weighted by Gasteiger charge is 2.47. The second kappa shape index (κ2) is 11.1. The Balaban J connectivity index is 1.46. The van der Waals surface area contributed by atoms with Crippen LogP contribution in [-0.4, -0.2) is 77.1 Å². The van der Waals surface area contributed by atoms with Crippen molar-refractivity contribution in [1.29, 1.82) is 0 Å². The zero-order valence-electron chi connectivity index (χ0n) is 21.6. The maximum atomic E-state index is 14.3. The van der Waals surface area contributed by atoms with Gasteiger partial charge in [0.1, 0.15) is 18.1 Å². The zero-order chi connectivity index (χ0) is 27.8. The number of morpholine rings is 1. The molecule has 2 aromatic heterocycles. The van der Waals surface area contributed by atoms with Crippen molar-refractivity contribution in [2.45, 2.75) is 44.2 Å². The normalized spacial score (nSPS) is 22.2. The maximum absolute atomic E-state index is 14.3. The molecule has 1 aromatic carbocycles. The van der Waals surface area contributed by atoms with E-state index in [-0.39, 0.29) is 41.5 Å². The van der Waals surface area contributed by atoms with Crippen molar-refractivity contribution >= 4 is 11.6 Å². The van der Waals surface area contributed by atoms with Crippen LogP contribution < -0.4 is 4.74 Å². The lowest BCUT2D eigenvalue weighted by Gasteiger charge is -2.41. The third-order valence-corrected chi connectivity index (χ3v) is 7.46. The SMILES string of the molecule is COCc1c(-c2cccc(OCCN3CCOCC3)c2Cl)noc1-c1cnn([C@H]2C[C@](C)(O)C2)c1C(F)(F)F. The molecule has 0 bridgehead atoms. The van der Waals surface area contributed by atoms with Gasteiger partial charge in [-0.15, -0.1) is 0 Å². The van der Waals surface area contributed by atoms with E-state index in [1.165, 1.54) is 7.11 Å². The molecule has 39 heavy (non-hydrogen) atoms. The number of hydrogen-bond acceptors (Lipinski definition) is 8. The van der Waals surface area contributed by atoms with E-state index in [2.05, 4.69) is 15.2 Å². The molecule has 1 saturated heterocycles. The molecule has 1 N–H and O–H groups in total. The fourth-order valence-corrected chi connectivity index (χ4v) is 5.41. The molecule has 2 fully saturated rings. The fraction of sp³-hybridized carbons (Fsp3) is 0.538. The third kappa shape index (κ3) is 5.80. The third-order valence-electron chi connectivity index (χ3n) is 7.07. The molecule has 212 valence electrons. The second-order valence-corrected chi connectivity index (χ2v) is 10.5. The number of hydrogen-bond donors (Lipinski definition) is 1. The fourth-order valence-electron chi connectivity index (χ4n) is 5.14. The van der Waals surface area contributed by atoms with E-state index in [0.717, 1.165) is 24.0 Å². The Bertz CT molecular complexity index is 1300. The number of alkyl halides is 3. The molecular formula is C26H30ClF3N4O5. The summed E-state index contributed by atoms with van der Waals surface area (Å²) in [7, 11) is 1.43. The first-order valence-corrected chi connectivity index (χ1v) is 13.0. The molecule has 9 nitrogen and oxygen atoms in total. The molecule has 1 aliphatic heterocycles. The van der Waals surface area contributed by atoms with Gasteiger partial charge < -0.3 is 23.8 Å². The monoisotopic (exact) mass is 570 g/mol. The first kappa shape index (κ1) is 27.9. The summed E-state index contributed by atoms with van der Waals surface area (Å²) in [6, 6.07) is 4.57. The number of aliphatic hydroxyl groups is 1. The first-order chi connectivity index (χ1) is 18.6. The summed E-state index contributed by atoms with van der Waals surface area (Å²) in [6.45, 7) is 5.64. The quantitative estimate of drug-likeness (QED) is 0.391. The lowest BCUT2D eigenvalue weighted by atomic mass is 9.77. The van der Waals surface area contributed by atoms with E-state index in [9.17, 15) is 18.3 Å². The van der Waals surface area contributed by atoms with Crippen LogP contribution >= 0.6 is 11.6 Å². The van der Waals surface area contributed by atoms with Crippen molar-refractivity contribution < 1.29 is 37.0 Å². The zero-order valence-corrected chi connectivity index (χ0v) is 22.4. The summed E-state index contributed by atoms with van der Waals surface area (Å²) < 4.78 is 65.9. The number of methoxy groups -OCH3 is 1. The van der Waals surface area contributed by atoms with Gasteiger partial charge in [0, 0.05) is 32.3 Å². The largest absolute Gasteiger partial charge is 0.491 e. The summed E-state index contributed by atoms with van der Waals surface area (Å²) in [4.78, 5) is 2.23. The Hall–Kier alpha value is -2.64. The van der Waals surface area contributed by atoms with Gasteiger partial charge in [0.25, 0.3) is 0 Å². The average molecular weight is 571 g/mol. The maximum Gasteiger partial charge on any atom is 0.433 e. The summed E-state index contributed by atoms with van der Waals surface area (Å²) in [5.41, 5.74) is -1.24. The van der Waals surface area contributed by atoms with Gasteiger partial charge in [-0.3, -0.25) is 9.58 Å². The van der Waals surface area contributed by atoms with Gasteiger partial charge in [0.05, 0.1) is 53.8 Å². The number of aromatic nitrogens is 3. The highest BCUT2D eigenvalue weighted by atomic mass is 35.5.